The van der Waals surface area contributed by atoms with Gasteiger partial charge in [0, 0.05) is 18.8 Å². The largest absolute Gasteiger partial charge is 0.370 e. The topological polar surface area (TPSA) is 70.7 Å². The number of piperidine rings is 1. The van der Waals surface area contributed by atoms with Gasteiger partial charge in [-0.05, 0) is 54.9 Å². The number of anilines is 1. The molecule has 1 fully saturated rings. The highest BCUT2D eigenvalue weighted by Crippen LogP contribution is 2.21. The van der Waals surface area contributed by atoms with Gasteiger partial charge in [-0.15, -0.1) is 24.0 Å². The van der Waals surface area contributed by atoms with Crippen molar-refractivity contribution in [1.29, 1.82) is 0 Å². The number of nitrogens with zero attached hydrogens (tertiary/aromatic N) is 2. The van der Waals surface area contributed by atoms with Crippen molar-refractivity contribution in [1.82, 2.24) is 4.90 Å². The molecule has 0 spiro atoms. The van der Waals surface area contributed by atoms with E-state index in [1.54, 1.807) is 0 Å². The first-order chi connectivity index (χ1) is 13.6. The molecular weight excluding hydrogens is 475 g/mol. The zero-order valence-corrected chi connectivity index (χ0v) is 19.3. The van der Waals surface area contributed by atoms with Crippen molar-refractivity contribution >= 4 is 41.5 Å². The van der Waals surface area contributed by atoms with Crippen molar-refractivity contribution < 1.29 is 4.79 Å². The molecule has 1 aliphatic heterocycles. The summed E-state index contributed by atoms with van der Waals surface area (Å²) in [5, 5.41) is 3.04. The number of aliphatic imine (C=N–C) groups is 1. The number of nitrogens with two attached hydrogens (primary N) is 1. The summed E-state index contributed by atoms with van der Waals surface area (Å²) in [6.45, 7) is 3.82. The molecule has 156 valence electrons. The van der Waals surface area contributed by atoms with Gasteiger partial charge in [-0.25, -0.2) is 4.99 Å². The number of hydrogen-bond donors (Lipinski definition) is 2. The van der Waals surface area contributed by atoms with Crippen molar-refractivity contribution in [3.05, 3.63) is 65.7 Å². The number of carbonyl (C=O) groups is 1. The van der Waals surface area contributed by atoms with Crippen LogP contribution >= 0.6 is 24.0 Å². The van der Waals surface area contributed by atoms with Gasteiger partial charge in [-0.1, -0.05) is 49.4 Å². The van der Waals surface area contributed by atoms with Gasteiger partial charge in [0.25, 0.3) is 0 Å². The molecule has 1 saturated heterocycles. The Kier molecular flexibility index (Phi) is 9.44. The average molecular weight is 506 g/mol. The normalized spacial score (nSPS) is 14.9. The van der Waals surface area contributed by atoms with Crippen LogP contribution in [-0.2, 0) is 17.6 Å². The van der Waals surface area contributed by atoms with Crippen LogP contribution in [0, 0.1) is 5.92 Å². The van der Waals surface area contributed by atoms with Crippen LogP contribution < -0.4 is 11.1 Å². The monoisotopic (exact) mass is 506 g/mol. The highest BCUT2D eigenvalue weighted by atomic mass is 127. The summed E-state index contributed by atoms with van der Waals surface area (Å²) in [7, 11) is 0. The molecule has 29 heavy (non-hydrogen) atoms. The Morgan fingerprint density at radius 1 is 1.07 bits per heavy atom. The lowest BCUT2D eigenvalue weighted by molar-refractivity contribution is -0.130. The van der Waals surface area contributed by atoms with Crippen LogP contribution in [0.25, 0.3) is 0 Å². The second-order valence-corrected chi connectivity index (χ2v) is 7.39. The summed E-state index contributed by atoms with van der Waals surface area (Å²) in [4.78, 5) is 18.6. The van der Waals surface area contributed by atoms with Crippen molar-refractivity contribution in [3.63, 3.8) is 0 Å². The van der Waals surface area contributed by atoms with Crippen LogP contribution in [0.2, 0.25) is 0 Å². The van der Waals surface area contributed by atoms with Crippen molar-refractivity contribution in [3.8, 4) is 0 Å². The standard InChI is InChI=1S/C23H30N4O.HI/c1-2-18-8-10-21(11-9-18)26-23(24)25-17-22(28)27-14-12-20(13-15-27)16-19-6-4-3-5-7-19;/h3-11,20H,2,12-17H2,1H3,(H3,24,25,26);1H. The van der Waals surface area contributed by atoms with E-state index in [-0.39, 0.29) is 42.4 Å². The number of aryl methyl sites for hydroxylation is 1. The van der Waals surface area contributed by atoms with Gasteiger partial charge in [0.15, 0.2) is 5.96 Å². The van der Waals surface area contributed by atoms with Crippen LogP contribution in [0.15, 0.2) is 59.6 Å². The molecule has 1 heterocycles. The Labute approximate surface area is 190 Å². The molecule has 2 aromatic carbocycles. The molecule has 0 radical (unpaired) electrons. The number of carbonyl (C=O) groups excluding carboxylic acids is 1. The summed E-state index contributed by atoms with van der Waals surface area (Å²) >= 11 is 0. The minimum Gasteiger partial charge on any atom is -0.370 e. The van der Waals surface area contributed by atoms with Crippen LogP contribution in [0.3, 0.4) is 0 Å². The molecule has 6 heteroatoms. The molecule has 0 atom stereocenters. The first kappa shape index (κ1) is 23.2. The molecule has 5 nitrogen and oxygen atoms in total. The highest BCUT2D eigenvalue weighted by molar-refractivity contribution is 14.0. The summed E-state index contributed by atoms with van der Waals surface area (Å²) in [5.41, 5.74) is 9.46. The fourth-order valence-corrected chi connectivity index (χ4v) is 3.60. The fraction of sp³-hybridized carbons (Fsp3) is 0.391. The van der Waals surface area contributed by atoms with Crippen LogP contribution in [0.4, 0.5) is 5.69 Å². The Bertz CT molecular complexity index is 784. The molecule has 2 aromatic rings. The van der Waals surface area contributed by atoms with Crippen molar-refractivity contribution in [2.75, 3.05) is 25.0 Å². The first-order valence-corrected chi connectivity index (χ1v) is 10.1. The number of rotatable bonds is 6. The number of guanidine groups is 1. The van der Waals surface area contributed by atoms with E-state index in [9.17, 15) is 4.79 Å². The maximum atomic E-state index is 12.4. The predicted octanol–water partition coefficient (Wildman–Crippen LogP) is 4.07. The van der Waals surface area contributed by atoms with E-state index in [0.29, 0.717) is 5.92 Å². The number of benzene rings is 2. The SMILES string of the molecule is CCc1ccc(NC(N)=NCC(=O)N2CCC(Cc3ccccc3)CC2)cc1.I. The third kappa shape index (κ3) is 7.34. The minimum absolute atomic E-state index is 0. The van der Waals surface area contributed by atoms with Crippen molar-refractivity contribution in [2.24, 2.45) is 16.6 Å². The molecule has 0 aromatic heterocycles. The van der Waals surface area contributed by atoms with E-state index < -0.39 is 0 Å². The fourth-order valence-electron chi connectivity index (χ4n) is 3.60. The molecule has 1 amide bonds. The third-order valence-electron chi connectivity index (χ3n) is 5.35. The predicted molar refractivity (Wildman–Crippen MR) is 131 cm³/mol. The summed E-state index contributed by atoms with van der Waals surface area (Å²) < 4.78 is 0. The number of hydrogen-bond acceptors (Lipinski definition) is 2. The van der Waals surface area contributed by atoms with E-state index in [0.717, 1.165) is 44.5 Å². The summed E-state index contributed by atoms with van der Waals surface area (Å²) in [5.74, 6) is 0.966. The maximum Gasteiger partial charge on any atom is 0.244 e. The molecule has 3 N–H and O–H groups in total. The first-order valence-electron chi connectivity index (χ1n) is 10.1. The quantitative estimate of drug-likeness (QED) is 0.353. The van der Waals surface area contributed by atoms with Gasteiger partial charge in [0.2, 0.25) is 5.91 Å². The summed E-state index contributed by atoms with van der Waals surface area (Å²) in [6.07, 6.45) is 4.18. The van der Waals surface area contributed by atoms with Crippen molar-refractivity contribution in [2.45, 2.75) is 32.6 Å². The molecule has 0 bridgehead atoms. The molecule has 0 unspecified atom stereocenters. The number of halogens is 1. The van der Waals surface area contributed by atoms with Gasteiger partial charge in [0.05, 0.1) is 0 Å². The van der Waals surface area contributed by atoms with E-state index in [1.165, 1.54) is 11.1 Å². The van der Waals surface area contributed by atoms with Gasteiger partial charge in [-0.2, -0.15) is 0 Å². The molecule has 3 rings (SSSR count). The Balaban J connectivity index is 0.00000300. The van der Waals surface area contributed by atoms with E-state index in [2.05, 4.69) is 53.6 Å². The summed E-state index contributed by atoms with van der Waals surface area (Å²) in [6, 6.07) is 18.6. The van der Waals surface area contributed by atoms with Crippen LogP contribution in [0.5, 0.6) is 0 Å². The lowest BCUT2D eigenvalue weighted by atomic mass is 9.90. The van der Waals surface area contributed by atoms with E-state index in [4.69, 9.17) is 5.73 Å². The van der Waals surface area contributed by atoms with Gasteiger partial charge in [-0.3, -0.25) is 4.79 Å². The van der Waals surface area contributed by atoms with Crippen LogP contribution in [-0.4, -0.2) is 36.4 Å². The van der Waals surface area contributed by atoms with Gasteiger partial charge >= 0.3 is 0 Å². The zero-order valence-electron chi connectivity index (χ0n) is 17.0. The second kappa shape index (κ2) is 11.8. The van der Waals surface area contributed by atoms with Gasteiger partial charge < -0.3 is 16.0 Å². The lowest BCUT2D eigenvalue weighted by Crippen LogP contribution is -2.40. The number of amides is 1. The molecule has 0 saturated carbocycles. The lowest BCUT2D eigenvalue weighted by Gasteiger charge is -2.31. The minimum atomic E-state index is 0. The third-order valence-corrected chi connectivity index (χ3v) is 5.35. The second-order valence-electron chi connectivity index (χ2n) is 7.39. The highest BCUT2D eigenvalue weighted by Gasteiger charge is 2.22. The number of nitrogens with one attached hydrogen (secondary N) is 1. The molecule has 0 aliphatic carbocycles. The molecule has 1 aliphatic rings. The zero-order chi connectivity index (χ0) is 19.8. The average Bonchev–Trinajstić information content (AvgIpc) is 2.74. The van der Waals surface area contributed by atoms with Crippen LogP contribution in [0.1, 0.15) is 30.9 Å². The maximum absolute atomic E-state index is 12.4. The smallest absolute Gasteiger partial charge is 0.244 e. The van der Waals surface area contributed by atoms with E-state index >= 15 is 0 Å². The molecular formula is C23H31IN4O. The number of likely N-dealkylation sites (tertiary alicyclic amines) is 1. The Morgan fingerprint density at radius 3 is 2.34 bits per heavy atom. The van der Waals surface area contributed by atoms with Gasteiger partial charge in [0.1, 0.15) is 6.54 Å². The Morgan fingerprint density at radius 2 is 1.72 bits per heavy atom. The van der Waals surface area contributed by atoms with E-state index in [1.807, 2.05) is 23.1 Å². The Hall–Kier alpha value is -2.09.